The minimum absolute atomic E-state index is 0.0509. The minimum Gasteiger partial charge on any atom is -0.293 e. The van der Waals surface area contributed by atoms with Gasteiger partial charge < -0.3 is 0 Å². The van der Waals surface area contributed by atoms with Gasteiger partial charge in [0, 0.05) is 21.5 Å². The SMILES string of the molecule is O=C(CSc1ncnc2scc(-c3ccccc3)c12)c1ccc(Cl)cc1. The third kappa shape index (κ3) is 3.51. The predicted octanol–water partition coefficient (Wildman–Crippen LogP) is 5.99. The van der Waals surface area contributed by atoms with Crippen LogP contribution in [0.3, 0.4) is 0 Å². The van der Waals surface area contributed by atoms with Crippen molar-refractivity contribution in [1.82, 2.24) is 9.97 Å². The van der Waals surface area contributed by atoms with Crippen LogP contribution < -0.4 is 0 Å². The van der Waals surface area contributed by atoms with E-state index in [0.29, 0.717) is 16.3 Å². The molecule has 2 heterocycles. The van der Waals surface area contributed by atoms with Crippen LogP contribution in [0.25, 0.3) is 21.3 Å². The maximum Gasteiger partial charge on any atom is 0.173 e. The van der Waals surface area contributed by atoms with Crippen LogP contribution in [-0.4, -0.2) is 21.5 Å². The Labute approximate surface area is 164 Å². The zero-order chi connectivity index (χ0) is 17.9. The summed E-state index contributed by atoms with van der Waals surface area (Å²) in [6.45, 7) is 0. The maximum atomic E-state index is 12.5. The Morgan fingerprint density at radius 2 is 1.81 bits per heavy atom. The lowest BCUT2D eigenvalue weighted by molar-refractivity contribution is 0.102. The van der Waals surface area contributed by atoms with Gasteiger partial charge in [0.2, 0.25) is 0 Å². The Balaban J connectivity index is 1.63. The highest BCUT2D eigenvalue weighted by Crippen LogP contribution is 2.37. The average Bonchev–Trinajstić information content (AvgIpc) is 3.12. The molecule has 0 amide bonds. The topological polar surface area (TPSA) is 42.9 Å². The molecule has 0 aliphatic rings. The molecule has 4 aromatic rings. The molecule has 0 bridgehead atoms. The van der Waals surface area contributed by atoms with Gasteiger partial charge in [0.05, 0.1) is 11.1 Å². The molecule has 0 aliphatic heterocycles. The predicted molar refractivity (Wildman–Crippen MR) is 109 cm³/mol. The number of carbonyl (C=O) groups is 1. The first-order valence-corrected chi connectivity index (χ1v) is 10.2. The second-order valence-corrected chi connectivity index (χ2v) is 7.85. The molecule has 3 nitrogen and oxygen atoms in total. The minimum atomic E-state index is 0.0509. The van der Waals surface area contributed by atoms with Crippen LogP contribution in [0.5, 0.6) is 0 Å². The van der Waals surface area contributed by atoms with Gasteiger partial charge in [-0.3, -0.25) is 4.79 Å². The first-order valence-electron chi connectivity index (χ1n) is 7.91. The molecule has 0 unspecified atom stereocenters. The molecule has 2 aromatic carbocycles. The molecular formula is C20H13ClN2OS2. The van der Waals surface area contributed by atoms with Crippen molar-refractivity contribution in [3.8, 4) is 11.1 Å². The van der Waals surface area contributed by atoms with Gasteiger partial charge in [-0.25, -0.2) is 9.97 Å². The van der Waals surface area contributed by atoms with E-state index >= 15 is 0 Å². The number of thiophene rings is 1. The fraction of sp³-hybridized carbons (Fsp3) is 0.0500. The van der Waals surface area contributed by atoms with Gasteiger partial charge in [-0.1, -0.05) is 53.7 Å². The number of Topliss-reactive ketones (excluding diaryl/α,β-unsaturated/α-hetero) is 1. The number of rotatable bonds is 5. The maximum absolute atomic E-state index is 12.5. The van der Waals surface area contributed by atoms with E-state index in [4.69, 9.17) is 11.6 Å². The first kappa shape index (κ1) is 17.2. The van der Waals surface area contributed by atoms with E-state index in [1.807, 2.05) is 18.2 Å². The Kier molecular flexibility index (Phi) is 5.02. The summed E-state index contributed by atoms with van der Waals surface area (Å²) in [7, 11) is 0. The fourth-order valence-corrected chi connectivity index (χ4v) is 4.65. The zero-order valence-corrected chi connectivity index (χ0v) is 15.9. The normalized spacial score (nSPS) is 11.0. The molecule has 0 N–H and O–H groups in total. The Bertz CT molecular complexity index is 1060. The summed E-state index contributed by atoms with van der Waals surface area (Å²) < 4.78 is 0. The number of ketones is 1. The van der Waals surface area contributed by atoms with Gasteiger partial charge in [0.25, 0.3) is 0 Å². The van der Waals surface area contributed by atoms with Crippen LogP contribution in [0.2, 0.25) is 5.02 Å². The van der Waals surface area contributed by atoms with Gasteiger partial charge in [0.1, 0.15) is 16.2 Å². The smallest absolute Gasteiger partial charge is 0.173 e. The van der Waals surface area contributed by atoms with Crippen LogP contribution in [0.15, 0.2) is 71.3 Å². The Hall–Kier alpha value is -2.21. The largest absolute Gasteiger partial charge is 0.293 e. The van der Waals surface area contributed by atoms with Crippen molar-refractivity contribution in [1.29, 1.82) is 0 Å². The molecule has 0 radical (unpaired) electrons. The van der Waals surface area contributed by atoms with Gasteiger partial charge in [-0.05, 0) is 29.8 Å². The highest BCUT2D eigenvalue weighted by atomic mass is 35.5. The van der Waals surface area contributed by atoms with Crippen molar-refractivity contribution in [3.05, 3.63) is 76.9 Å². The number of carbonyl (C=O) groups excluding carboxylic acids is 1. The van der Waals surface area contributed by atoms with Crippen LogP contribution >= 0.6 is 34.7 Å². The molecule has 0 atom stereocenters. The van der Waals surface area contributed by atoms with E-state index in [9.17, 15) is 4.79 Å². The summed E-state index contributed by atoms with van der Waals surface area (Å²) in [6.07, 6.45) is 1.56. The lowest BCUT2D eigenvalue weighted by Crippen LogP contribution is -2.02. The van der Waals surface area contributed by atoms with Gasteiger partial charge >= 0.3 is 0 Å². The molecule has 0 saturated heterocycles. The highest BCUT2D eigenvalue weighted by molar-refractivity contribution is 8.00. The zero-order valence-electron chi connectivity index (χ0n) is 13.6. The van der Waals surface area contributed by atoms with E-state index in [0.717, 1.165) is 26.4 Å². The molecule has 0 spiro atoms. The third-order valence-corrected chi connectivity index (χ3v) is 6.05. The molecule has 128 valence electrons. The number of nitrogens with zero attached hydrogens (tertiary/aromatic N) is 2. The first-order chi connectivity index (χ1) is 12.7. The summed E-state index contributed by atoms with van der Waals surface area (Å²) in [5.41, 5.74) is 2.88. The lowest BCUT2D eigenvalue weighted by Gasteiger charge is -2.05. The standard InChI is InChI=1S/C20H13ClN2OS2/c21-15-8-6-14(7-9-15)17(24)11-26-20-18-16(13-4-2-1-3-5-13)10-25-19(18)22-12-23-20/h1-10,12H,11H2. The van der Waals surface area contributed by atoms with Crippen molar-refractivity contribution < 1.29 is 4.79 Å². The summed E-state index contributed by atoms with van der Waals surface area (Å²) in [6, 6.07) is 17.1. The van der Waals surface area contributed by atoms with Crippen LogP contribution in [0.4, 0.5) is 0 Å². The fourth-order valence-electron chi connectivity index (χ4n) is 2.64. The quantitative estimate of drug-likeness (QED) is 0.236. The number of aromatic nitrogens is 2. The molecular weight excluding hydrogens is 384 g/mol. The van der Waals surface area contributed by atoms with Crippen molar-refractivity contribution in [3.63, 3.8) is 0 Å². The van der Waals surface area contributed by atoms with Crippen LogP contribution in [0.1, 0.15) is 10.4 Å². The average molecular weight is 397 g/mol. The van der Waals surface area contributed by atoms with Gasteiger partial charge in [-0.2, -0.15) is 0 Å². The number of hydrogen-bond donors (Lipinski definition) is 0. The third-order valence-electron chi connectivity index (χ3n) is 3.93. The lowest BCUT2D eigenvalue weighted by atomic mass is 10.1. The molecule has 0 saturated carbocycles. The Morgan fingerprint density at radius 3 is 2.58 bits per heavy atom. The van der Waals surface area contributed by atoms with Gasteiger partial charge in [-0.15, -0.1) is 11.3 Å². The van der Waals surface area contributed by atoms with Crippen molar-refractivity contribution >= 4 is 50.7 Å². The van der Waals surface area contributed by atoms with Crippen LogP contribution in [0, 0.1) is 0 Å². The van der Waals surface area contributed by atoms with E-state index in [1.165, 1.54) is 11.8 Å². The molecule has 0 aliphatic carbocycles. The van der Waals surface area contributed by atoms with E-state index < -0.39 is 0 Å². The molecule has 2 aromatic heterocycles. The molecule has 0 fully saturated rings. The summed E-state index contributed by atoms with van der Waals surface area (Å²) in [4.78, 5) is 22.2. The van der Waals surface area contributed by atoms with E-state index in [1.54, 1.807) is 41.9 Å². The summed E-state index contributed by atoms with van der Waals surface area (Å²) >= 11 is 8.92. The van der Waals surface area contributed by atoms with Gasteiger partial charge in [0.15, 0.2) is 5.78 Å². The number of fused-ring (bicyclic) bond motifs is 1. The number of halogens is 1. The number of benzene rings is 2. The van der Waals surface area contributed by atoms with Crippen molar-refractivity contribution in [2.24, 2.45) is 0 Å². The van der Waals surface area contributed by atoms with E-state index in [2.05, 4.69) is 27.5 Å². The molecule has 26 heavy (non-hydrogen) atoms. The van der Waals surface area contributed by atoms with Crippen molar-refractivity contribution in [2.45, 2.75) is 5.03 Å². The Morgan fingerprint density at radius 1 is 1.04 bits per heavy atom. The second-order valence-electron chi connectivity index (χ2n) is 5.59. The van der Waals surface area contributed by atoms with Crippen LogP contribution in [-0.2, 0) is 0 Å². The highest BCUT2D eigenvalue weighted by Gasteiger charge is 2.15. The second kappa shape index (κ2) is 7.58. The van der Waals surface area contributed by atoms with Crippen molar-refractivity contribution in [2.75, 3.05) is 5.75 Å². The number of thioether (sulfide) groups is 1. The monoisotopic (exact) mass is 396 g/mol. The van der Waals surface area contributed by atoms with E-state index in [-0.39, 0.29) is 5.78 Å². The summed E-state index contributed by atoms with van der Waals surface area (Å²) in [5, 5.41) is 4.56. The summed E-state index contributed by atoms with van der Waals surface area (Å²) in [5.74, 6) is 0.368. The molecule has 4 rings (SSSR count). The number of hydrogen-bond acceptors (Lipinski definition) is 5. The molecule has 6 heteroatoms.